The predicted molar refractivity (Wildman–Crippen MR) is 56.6 cm³/mol. The lowest BCUT2D eigenvalue weighted by molar-refractivity contribution is 0.104. The number of halogens is 2. The summed E-state index contributed by atoms with van der Waals surface area (Å²) in [4.78, 5) is 16.2. The van der Waals surface area contributed by atoms with Gasteiger partial charge in [-0.1, -0.05) is 0 Å². The number of ketones is 1. The molecule has 2 aromatic rings. The minimum Gasteiger partial charge on any atom is -0.288 e. The first kappa shape index (κ1) is 10.9. The van der Waals surface area contributed by atoms with Gasteiger partial charge in [0.2, 0.25) is 5.78 Å². The van der Waals surface area contributed by atoms with Gasteiger partial charge in [0.05, 0.1) is 16.1 Å². The fraction of sp³-hybridized carbons (Fsp3) is 0.0909. The Morgan fingerprint density at radius 3 is 2.38 bits per heavy atom. The van der Waals surface area contributed by atoms with Gasteiger partial charge >= 0.3 is 0 Å². The molecule has 0 unspecified atom stereocenters. The zero-order chi connectivity index (χ0) is 11.7. The van der Waals surface area contributed by atoms with E-state index in [1.807, 2.05) is 0 Å². The van der Waals surface area contributed by atoms with E-state index >= 15 is 0 Å². The molecular formula is C11H7F2NOS. The zero-order valence-corrected chi connectivity index (χ0v) is 9.15. The molecule has 16 heavy (non-hydrogen) atoms. The predicted octanol–water partition coefficient (Wildman–Crippen LogP) is 2.96. The molecule has 0 N–H and O–H groups in total. The Hall–Kier alpha value is -1.62. The van der Waals surface area contributed by atoms with Gasteiger partial charge in [-0.05, 0) is 19.1 Å². The van der Waals surface area contributed by atoms with Crippen molar-refractivity contribution in [1.29, 1.82) is 0 Å². The van der Waals surface area contributed by atoms with E-state index in [1.54, 1.807) is 6.92 Å². The molecule has 0 saturated carbocycles. The van der Waals surface area contributed by atoms with Crippen molar-refractivity contribution >= 4 is 17.1 Å². The Labute approximate surface area is 94.6 Å². The highest BCUT2D eigenvalue weighted by Crippen LogP contribution is 2.19. The van der Waals surface area contributed by atoms with Crippen LogP contribution >= 0.6 is 11.3 Å². The van der Waals surface area contributed by atoms with E-state index < -0.39 is 17.4 Å². The fourth-order valence-corrected chi connectivity index (χ4v) is 2.10. The summed E-state index contributed by atoms with van der Waals surface area (Å²) in [6, 6.07) is 2.77. The van der Waals surface area contributed by atoms with Gasteiger partial charge in [-0.15, -0.1) is 11.3 Å². The molecule has 82 valence electrons. The summed E-state index contributed by atoms with van der Waals surface area (Å²) in [6.45, 7) is 1.68. The minimum absolute atomic E-state index is 0.00449. The van der Waals surface area contributed by atoms with Crippen LogP contribution in [-0.2, 0) is 0 Å². The molecule has 0 spiro atoms. The molecule has 2 nitrogen and oxygen atoms in total. The summed E-state index contributed by atoms with van der Waals surface area (Å²) < 4.78 is 25.9. The average molecular weight is 239 g/mol. The number of carbonyl (C=O) groups excluding carboxylic acids is 1. The van der Waals surface area contributed by atoms with E-state index in [2.05, 4.69) is 4.98 Å². The number of nitrogens with zero attached hydrogens (tertiary/aromatic N) is 1. The van der Waals surface area contributed by atoms with Crippen LogP contribution in [0.4, 0.5) is 8.78 Å². The number of hydrogen-bond donors (Lipinski definition) is 0. The third kappa shape index (κ3) is 1.99. The Morgan fingerprint density at radius 1 is 1.25 bits per heavy atom. The standard InChI is InChI=1S/C11H7F2NOS/c1-6-11(16-5-14-6)10(15)7-2-8(12)4-9(13)3-7/h2-5H,1H3. The van der Waals surface area contributed by atoms with Crippen molar-refractivity contribution in [3.8, 4) is 0 Å². The largest absolute Gasteiger partial charge is 0.288 e. The number of aryl methyl sites for hydroxylation is 1. The topological polar surface area (TPSA) is 30.0 Å². The molecular weight excluding hydrogens is 232 g/mol. The summed E-state index contributed by atoms with van der Waals surface area (Å²) in [5.41, 5.74) is 2.10. The van der Waals surface area contributed by atoms with Crippen LogP contribution in [0.25, 0.3) is 0 Å². The number of aromatic nitrogens is 1. The Morgan fingerprint density at radius 2 is 1.88 bits per heavy atom. The van der Waals surface area contributed by atoms with E-state index in [1.165, 1.54) is 5.51 Å². The highest BCUT2D eigenvalue weighted by Gasteiger charge is 2.15. The smallest absolute Gasteiger partial charge is 0.205 e. The second kappa shape index (κ2) is 4.09. The molecule has 0 aliphatic rings. The second-order valence-electron chi connectivity index (χ2n) is 3.25. The maximum absolute atomic E-state index is 12.9. The monoisotopic (exact) mass is 239 g/mol. The van der Waals surface area contributed by atoms with E-state index in [-0.39, 0.29) is 5.56 Å². The number of rotatable bonds is 2. The summed E-state index contributed by atoms with van der Waals surface area (Å²) in [5.74, 6) is -1.92. The number of thiazole rings is 1. The molecule has 2 rings (SSSR count). The lowest BCUT2D eigenvalue weighted by Crippen LogP contribution is -2.02. The fourth-order valence-electron chi connectivity index (χ4n) is 1.34. The second-order valence-corrected chi connectivity index (χ2v) is 4.11. The number of hydrogen-bond acceptors (Lipinski definition) is 3. The van der Waals surface area contributed by atoms with E-state index in [0.717, 1.165) is 29.5 Å². The van der Waals surface area contributed by atoms with Crippen molar-refractivity contribution in [3.63, 3.8) is 0 Å². The van der Waals surface area contributed by atoms with Crippen LogP contribution < -0.4 is 0 Å². The maximum Gasteiger partial charge on any atom is 0.205 e. The molecule has 5 heteroatoms. The first-order valence-electron chi connectivity index (χ1n) is 4.49. The molecule has 0 saturated heterocycles. The molecule has 1 aromatic heterocycles. The van der Waals surface area contributed by atoms with E-state index in [4.69, 9.17) is 0 Å². The van der Waals surface area contributed by atoms with Gasteiger partial charge in [0.1, 0.15) is 11.6 Å². The van der Waals surface area contributed by atoms with Crippen LogP contribution in [0.2, 0.25) is 0 Å². The minimum atomic E-state index is -0.759. The summed E-state index contributed by atoms with van der Waals surface area (Å²) in [6.07, 6.45) is 0. The molecule has 0 bridgehead atoms. The lowest BCUT2D eigenvalue weighted by atomic mass is 10.1. The zero-order valence-electron chi connectivity index (χ0n) is 8.33. The van der Waals surface area contributed by atoms with Crippen molar-refractivity contribution in [2.24, 2.45) is 0 Å². The van der Waals surface area contributed by atoms with Crippen LogP contribution in [0.5, 0.6) is 0 Å². The Bertz CT molecular complexity index is 530. The summed E-state index contributed by atoms with van der Waals surface area (Å²) in [5, 5.41) is 0. The van der Waals surface area contributed by atoms with Crippen LogP contribution in [0, 0.1) is 18.6 Å². The highest BCUT2D eigenvalue weighted by molar-refractivity contribution is 7.12. The van der Waals surface area contributed by atoms with Crippen LogP contribution in [-0.4, -0.2) is 10.8 Å². The molecule has 1 heterocycles. The molecule has 0 radical (unpaired) electrons. The van der Waals surface area contributed by atoms with E-state index in [9.17, 15) is 13.6 Å². The van der Waals surface area contributed by atoms with Crippen molar-refractivity contribution in [2.75, 3.05) is 0 Å². The van der Waals surface area contributed by atoms with Crippen molar-refractivity contribution in [3.05, 3.63) is 51.5 Å². The van der Waals surface area contributed by atoms with Gasteiger partial charge in [0.15, 0.2) is 0 Å². The van der Waals surface area contributed by atoms with E-state index in [0.29, 0.717) is 10.6 Å². The van der Waals surface area contributed by atoms with Crippen LogP contribution in [0.3, 0.4) is 0 Å². The van der Waals surface area contributed by atoms with Crippen molar-refractivity contribution in [1.82, 2.24) is 4.98 Å². The lowest BCUT2D eigenvalue weighted by Gasteiger charge is -2.00. The maximum atomic E-state index is 12.9. The van der Waals surface area contributed by atoms with Gasteiger partial charge in [-0.3, -0.25) is 4.79 Å². The van der Waals surface area contributed by atoms with Gasteiger partial charge in [-0.2, -0.15) is 0 Å². The summed E-state index contributed by atoms with van der Waals surface area (Å²) in [7, 11) is 0. The Kier molecular flexibility index (Phi) is 2.78. The van der Waals surface area contributed by atoms with Gasteiger partial charge in [-0.25, -0.2) is 13.8 Å². The van der Waals surface area contributed by atoms with Crippen molar-refractivity contribution in [2.45, 2.75) is 6.92 Å². The summed E-state index contributed by atoms with van der Waals surface area (Å²) >= 11 is 1.16. The SMILES string of the molecule is Cc1ncsc1C(=O)c1cc(F)cc(F)c1. The molecule has 0 aliphatic heterocycles. The first-order valence-corrected chi connectivity index (χ1v) is 5.37. The normalized spacial score (nSPS) is 10.4. The third-order valence-electron chi connectivity index (χ3n) is 2.08. The van der Waals surface area contributed by atoms with Crippen molar-refractivity contribution < 1.29 is 13.6 Å². The number of carbonyl (C=O) groups is 1. The highest BCUT2D eigenvalue weighted by atomic mass is 32.1. The van der Waals surface area contributed by atoms with Gasteiger partial charge in [0.25, 0.3) is 0 Å². The molecule has 1 aromatic carbocycles. The molecule has 0 fully saturated rings. The average Bonchev–Trinajstić information content (AvgIpc) is 2.62. The first-order chi connectivity index (χ1) is 7.58. The molecule has 0 atom stereocenters. The number of benzene rings is 1. The quantitative estimate of drug-likeness (QED) is 0.754. The van der Waals surface area contributed by atoms with Gasteiger partial charge < -0.3 is 0 Å². The molecule has 0 aliphatic carbocycles. The van der Waals surface area contributed by atoms with Crippen LogP contribution in [0.1, 0.15) is 20.9 Å². The third-order valence-corrected chi connectivity index (χ3v) is 3.00. The molecule has 0 amide bonds. The Balaban J connectivity index is 2.45. The van der Waals surface area contributed by atoms with Gasteiger partial charge in [0, 0.05) is 11.6 Å². The van der Waals surface area contributed by atoms with Crippen LogP contribution in [0.15, 0.2) is 23.7 Å².